The molecule has 1 heterocycles. The molecule has 27 heavy (non-hydrogen) atoms. The van der Waals surface area contributed by atoms with Crippen LogP contribution >= 0.6 is 23.4 Å². The van der Waals surface area contributed by atoms with Crippen molar-refractivity contribution in [3.8, 4) is 0 Å². The summed E-state index contributed by atoms with van der Waals surface area (Å²) < 4.78 is 0. The van der Waals surface area contributed by atoms with Crippen LogP contribution in [0, 0.1) is 0 Å². The lowest BCUT2D eigenvalue weighted by molar-refractivity contribution is -0.125. The number of carbonyl (C=O) groups is 2. The summed E-state index contributed by atoms with van der Waals surface area (Å²) in [6, 6.07) is 13.7. The molecule has 2 aromatic carbocycles. The minimum atomic E-state index is -0.991. The number of amidine groups is 1. The van der Waals surface area contributed by atoms with Crippen molar-refractivity contribution in [2.45, 2.75) is 11.7 Å². The Morgan fingerprint density at radius 2 is 2.04 bits per heavy atom. The Morgan fingerprint density at radius 3 is 2.67 bits per heavy atom. The maximum atomic E-state index is 12.8. The number of amides is 1. The highest BCUT2D eigenvalue weighted by molar-refractivity contribution is 8.15. The van der Waals surface area contributed by atoms with Crippen LogP contribution in [0.4, 0.5) is 5.69 Å². The second-order valence-electron chi connectivity index (χ2n) is 5.92. The lowest BCUT2D eigenvalue weighted by Crippen LogP contribution is -2.32. The van der Waals surface area contributed by atoms with Crippen molar-refractivity contribution in [1.29, 1.82) is 0 Å². The van der Waals surface area contributed by atoms with Gasteiger partial charge in [-0.25, -0.2) is 9.79 Å². The summed E-state index contributed by atoms with van der Waals surface area (Å²) in [7, 11) is 0. The number of hydrogen-bond acceptors (Lipinski definition) is 4. The zero-order valence-corrected chi connectivity index (χ0v) is 15.9. The first kappa shape index (κ1) is 19.2. The number of aromatic carboxylic acids is 1. The van der Waals surface area contributed by atoms with Crippen LogP contribution in [-0.2, 0) is 11.2 Å². The maximum absolute atomic E-state index is 12.8. The molecule has 138 valence electrons. The zero-order valence-electron chi connectivity index (χ0n) is 14.3. The number of carboxylic acids is 1. The Balaban J connectivity index is 1.84. The number of rotatable bonds is 6. The predicted molar refractivity (Wildman–Crippen MR) is 109 cm³/mol. The SMILES string of the molecule is C=CCN1C(=O)C(Cc2cccc(Cl)c2)SC1=Nc1ccc(C(=O)O)cc1. The van der Waals surface area contributed by atoms with Crippen LogP contribution in [0.3, 0.4) is 0 Å². The summed E-state index contributed by atoms with van der Waals surface area (Å²) in [5, 5.41) is 9.91. The Kier molecular flexibility index (Phi) is 5.98. The molecule has 0 aromatic heterocycles. The number of thioether (sulfide) groups is 1. The fraction of sp³-hybridized carbons (Fsp3) is 0.150. The van der Waals surface area contributed by atoms with Gasteiger partial charge >= 0.3 is 5.97 Å². The fourth-order valence-electron chi connectivity index (χ4n) is 2.69. The first-order valence-corrected chi connectivity index (χ1v) is 9.49. The number of benzene rings is 2. The number of halogens is 1. The van der Waals surface area contributed by atoms with E-state index in [1.165, 1.54) is 23.9 Å². The molecule has 1 fully saturated rings. The average molecular weight is 401 g/mol. The Labute approximate surface area is 166 Å². The molecule has 1 N–H and O–H groups in total. The van der Waals surface area contributed by atoms with Crippen LogP contribution in [0.2, 0.25) is 5.02 Å². The molecule has 0 saturated carbocycles. The minimum Gasteiger partial charge on any atom is -0.478 e. The molecule has 1 saturated heterocycles. The molecule has 1 amide bonds. The Morgan fingerprint density at radius 1 is 1.30 bits per heavy atom. The van der Waals surface area contributed by atoms with E-state index in [0.29, 0.717) is 28.8 Å². The second-order valence-corrected chi connectivity index (χ2v) is 7.53. The van der Waals surface area contributed by atoms with Gasteiger partial charge in [0.15, 0.2) is 5.17 Å². The molecule has 3 rings (SSSR count). The van der Waals surface area contributed by atoms with Crippen molar-refractivity contribution in [2.24, 2.45) is 4.99 Å². The van der Waals surface area contributed by atoms with E-state index in [1.807, 2.05) is 18.2 Å². The van der Waals surface area contributed by atoms with Crippen molar-refractivity contribution in [1.82, 2.24) is 4.90 Å². The van der Waals surface area contributed by atoms with Gasteiger partial charge in [0.05, 0.1) is 16.5 Å². The van der Waals surface area contributed by atoms with Crippen molar-refractivity contribution >= 4 is 46.1 Å². The van der Waals surface area contributed by atoms with Gasteiger partial charge in [0.1, 0.15) is 0 Å². The largest absolute Gasteiger partial charge is 0.478 e. The summed E-state index contributed by atoms with van der Waals surface area (Å²) in [6.07, 6.45) is 2.21. The second kappa shape index (κ2) is 8.41. The van der Waals surface area contributed by atoms with Gasteiger partial charge in [-0.1, -0.05) is 41.6 Å². The van der Waals surface area contributed by atoms with Gasteiger partial charge in [0, 0.05) is 11.6 Å². The smallest absolute Gasteiger partial charge is 0.335 e. The van der Waals surface area contributed by atoms with E-state index in [1.54, 1.807) is 29.2 Å². The molecule has 2 aromatic rings. The topological polar surface area (TPSA) is 70.0 Å². The van der Waals surface area contributed by atoms with Crippen molar-refractivity contribution in [3.05, 3.63) is 77.3 Å². The van der Waals surface area contributed by atoms with E-state index < -0.39 is 5.97 Å². The molecule has 0 spiro atoms. The monoisotopic (exact) mass is 400 g/mol. The van der Waals surface area contributed by atoms with Gasteiger partial charge in [-0.15, -0.1) is 6.58 Å². The third-order valence-corrected chi connectivity index (χ3v) is 5.39. The average Bonchev–Trinajstić information content (AvgIpc) is 2.91. The van der Waals surface area contributed by atoms with E-state index in [-0.39, 0.29) is 16.7 Å². The molecule has 1 aliphatic heterocycles. The minimum absolute atomic E-state index is 0.0271. The number of aliphatic imine (C=N–C) groups is 1. The first-order chi connectivity index (χ1) is 13.0. The Bertz CT molecular complexity index is 912. The lowest BCUT2D eigenvalue weighted by Gasteiger charge is -2.13. The van der Waals surface area contributed by atoms with Gasteiger partial charge in [0.2, 0.25) is 5.91 Å². The van der Waals surface area contributed by atoms with E-state index >= 15 is 0 Å². The highest BCUT2D eigenvalue weighted by atomic mass is 35.5. The van der Waals surface area contributed by atoms with Gasteiger partial charge in [-0.05, 0) is 48.4 Å². The highest BCUT2D eigenvalue weighted by Gasteiger charge is 2.37. The van der Waals surface area contributed by atoms with E-state index in [2.05, 4.69) is 11.6 Å². The number of carboxylic acid groups (broad SMARTS) is 1. The van der Waals surface area contributed by atoms with E-state index in [0.717, 1.165) is 5.56 Å². The standard InChI is InChI=1S/C20H17ClN2O3S/c1-2-10-23-18(24)17(12-13-4-3-5-15(21)11-13)27-20(23)22-16-8-6-14(7-9-16)19(25)26/h2-9,11,17H,1,10,12H2,(H,25,26). The summed E-state index contributed by atoms with van der Waals surface area (Å²) in [5.74, 6) is -1.02. The molecule has 1 atom stereocenters. The summed E-state index contributed by atoms with van der Waals surface area (Å²) in [5.41, 5.74) is 1.77. The summed E-state index contributed by atoms with van der Waals surface area (Å²) in [4.78, 5) is 29.9. The van der Waals surface area contributed by atoms with Crippen molar-refractivity contribution in [3.63, 3.8) is 0 Å². The molecular weight excluding hydrogens is 384 g/mol. The quantitative estimate of drug-likeness (QED) is 0.729. The molecule has 5 nitrogen and oxygen atoms in total. The van der Waals surface area contributed by atoms with Crippen LogP contribution in [0.5, 0.6) is 0 Å². The molecule has 0 radical (unpaired) electrons. The predicted octanol–water partition coefficient (Wildman–Crippen LogP) is 4.40. The third-order valence-electron chi connectivity index (χ3n) is 3.98. The van der Waals surface area contributed by atoms with Crippen LogP contribution in [0.15, 0.2) is 66.2 Å². The van der Waals surface area contributed by atoms with Crippen LogP contribution < -0.4 is 0 Å². The number of carbonyl (C=O) groups excluding carboxylic acids is 1. The highest BCUT2D eigenvalue weighted by Crippen LogP contribution is 2.32. The van der Waals surface area contributed by atoms with Crippen LogP contribution in [0.25, 0.3) is 0 Å². The summed E-state index contributed by atoms with van der Waals surface area (Å²) >= 11 is 7.43. The fourth-order valence-corrected chi connectivity index (χ4v) is 4.11. The van der Waals surface area contributed by atoms with Gasteiger partial charge in [-0.3, -0.25) is 9.69 Å². The van der Waals surface area contributed by atoms with Crippen molar-refractivity contribution < 1.29 is 14.7 Å². The van der Waals surface area contributed by atoms with Gasteiger partial charge < -0.3 is 5.11 Å². The molecule has 1 aliphatic rings. The van der Waals surface area contributed by atoms with Gasteiger partial charge in [0.25, 0.3) is 0 Å². The number of hydrogen-bond donors (Lipinski definition) is 1. The van der Waals surface area contributed by atoms with Crippen LogP contribution in [-0.4, -0.2) is 38.8 Å². The molecular formula is C20H17ClN2O3S. The maximum Gasteiger partial charge on any atom is 0.335 e. The van der Waals surface area contributed by atoms with E-state index in [9.17, 15) is 9.59 Å². The third kappa shape index (κ3) is 4.59. The van der Waals surface area contributed by atoms with Crippen molar-refractivity contribution in [2.75, 3.05) is 6.54 Å². The molecule has 1 unspecified atom stereocenters. The zero-order chi connectivity index (χ0) is 19.4. The van der Waals surface area contributed by atoms with Crippen LogP contribution in [0.1, 0.15) is 15.9 Å². The molecule has 0 aliphatic carbocycles. The molecule has 7 heteroatoms. The summed E-state index contributed by atoms with van der Waals surface area (Å²) in [6.45, 7) is 4.08. The molecule has 0 bridgehead atoms. The number of nitrogens with zero attached hydrogens (tertiary/aromatic N) is 2. The lowest BCUT2D eigenvalue weighted by atomic mass is 10.1. The Hall–Kier alpha value is -2.57. The van der Waals surface area contributed by atoms with E-state index in [4.69, 9.17) is 16.7 Å². The van der Waals surface area contributed by atoms with Gasteiger partial charge in [-0.2, -0.15) is 0 Å². The normalized spacial score (nSPS) is 18.1. The first-order valence-electron chi connectivity index (χ1n) is 8.23.